The smallest absolute Gasteiger partial charge is 0.264 e. The van der Waals surface area contributed by atoms with Gasteiger partial charge in [0.05, 0.1) is 11.9 Å². The maximum Gasteiger partial charge on any atom is 0.264 e. The summed E-state index contributed by atoms with van der Waals surface area (Å²) >= 11 is 0. The molecule has 2 heterocycles. The minimum Gasteiger partial charge on any atom is -0.351 e. The summed E-state index contributed by atoms with van der Waals surface area (Å²) in [5.74, 6) is 0.465. The van der Waals surface area contributed by atoms with Gasteiger partial charge < -0.3 is 5.32 Å². The zero-order chi connectivity index (χ0) is 18.9. The van der Waals surface area contributed by atoms with Gasteiger partial charge in [0, 0.05) is 18.5 Å². The Labute approximate surface area is 151 Å². The lowest BCUT2D eigenvalue weighted by Gasteiger charge is -2.20. The number of rotatable bonds is 4. The predicted octanol–water partition coefficient (Wildman–Crippen LogP) is 2.20. The minimum absolute atomic E-state index is 0.0936. The largest absolute Gasteiger partial charge is 0.351 e. The first-order valence-electron chi connectivity index (χ1n) is 8.58. The van der Waals surface area contributed by atoms with Crippen LogP contribution in [-0.4, -0.2) is 30.8 Å². The second-order valence-electron chi connectivity index (χ2n) is 7.29. The molecule has 0 unspecified atom stereocenters. The molecule has 1 N–H and O–H groups in total. The highest BCUT2D eigenvalue weighted by Gasteiger charge is 2.17. The summed E-state index contributed by atoms with van der Waals surface area (Å²) in [6.07, 6.45) is 1.75. The number of aryl methyl sites for hydroxylation is 1. The molecule has 136 valence electrons. The standard InChI is InChI=1S/C19H23N5O2/c1-13-21-17-15(12-20-24(17)14-8-6-5-7-9-14)18(26)23(13)11-10-16(25)22-19(2,3)4/h5-9,12H,10-11H2,1-4H3,(H,22,25). The predicted molar refractivity (Wildman–Crippen MR) is 100 cm³/mol. The summed E-state index contributed by atoms with van der Waals surface area (Å²) in [6.45, 7) is 7.83. The Bertz CT molecular complexity index is 996. The van der Waals surface area contributed by atoms with Gasteiger partial charge in [-0.2, -0.15) is 5.10 Å². The van der Waals surface area contributed by atoms with Gasteiger partial charge in [-0.15, -0.1) is 0 Å². The van der Waals surface area contributed by atoms with Gasteiger partial charge in [-0.1, -0.05) is 18.2 Å². The van der Waals surface area contributed by atoms with Crippen LogP contribution in [0.3, 0.4) is 0 Å². The monoisotopic (exact) mass is 353 g/mol. The van der Waals surface area contributed by atoms with E-state index in [0.29, 0.717) is 16.9 Å². The number of nitrogens with zero attached hydrogens (tertiary/aromatic N) is 4. The molecule has 26 heavy (non-hydrogen) atoms. The highest BCUT2D eigenvalue weighted by molar-refractivity contribution is 5.77. The third-order valence-electron chi connectivity index (χ3n) is 3.96. The van der Waals surface area contributed by atoms with Gasteiger partial charge in [0.2, 0.25) is 5.91 Å². The molecular weight excluding hydrogens is 330 g/mol. The van der Waals surface area contributed by atoms with Crippen molar-refractivity contribution in [2.24, 2.45) is 0 Å². The Morgan fingerprint density at radius 1 is 1.19 bits per heavy atom. The molecule has 7 nitrogen and oxygen atoms in total. The Hall–Kier alpha value is -2.96. The molecule has 7 heteroatoms. The maximum absolute atomic E-state index is 12.8. The van der Waals surface area contributed by atoms with Crippen LogP contribution in [0.5, 0.6) is 0 Å². The van der Waals surface area contributed by atoms with Crippen LogP contribution in [0.2, 0.25) is 0 Å². The lowest BCUT2D eigenvalue weighted by atomic mass is 10.1. The molecule has 0 aliphatic carbocycles. The zero-order valence-electron chi connectivity index (χ0n) is 15.5. The quantitative estimate of drug-likeness (QED) is 0.779. The van der Waals surface area contributed by atoms with E-state index in [1.807, 2.05) is 51.1 Å². The van der Waals surface area contributed by atoms with Crippen molar-refractivity contribution in [1.29, 1.82) is 0 Å². The van der Waals surface area contributed by atoms with Gasteiger partial charge in [-0.05, 0) is 39.8 Å². The van der Waals surface area contributed by atoms with Crippen molar-refractivity contribution in [3.05, 3.63) is 52.7 Å². The Kier molecular flexibility index (Phi) is 4.63. The van der Waals surface area contributed by atoms with Crippen LogP contribution >= 0.6 is 0 Å². The van der Waals surface area contributed by atoms with E-state index in [4.69, 9.17) is 0 Å². The van der Waals surface area contributed by atoms with E-state index < -0.39 is 0 Å². The fourth-order valence-electron chi connectivity index (χ4n) is 2.82. The highest BCUT2D eigenvalue weighted by Crippen LogP contribution is 2.14. The molecule has 0 aliphatic heterocycles. The molecule has 0 bridgehead atoms. The molecular formula is C19H23N5O2. The number of aromatic nitrogens is 4. The Balaban J connectivity index is 1.92. The number of carbonyl (C=O) groups excluding carboxylic acids is 1. The van der Waals surface area contributed by atoms with E-state index in [1.165, 1.54) is 10.8 Å². The summed E-state index contributed by atoms with van der Waals surface area (Å²) in [4.78, 5) is 29.4. The van der Waals surface area contributed by atoms with Crippen LogP contribution in [0, 0.1) is 6.92 Å². The lowest BCUT2D eigenvalue weighted by Crippen LogP contribution is -2.41. The number of para-hydroxylation sites is 1. The Morgan fingerprint density at radius 3 is 2.54 bits per heavy atom. The van der Waals surface area contributed by atoms with E-state index in [1.54, 1.807) is 11.6 Å². The first-order valence-corrected chi connectivity index (χ1v) is 8.58. The number of amides is 1. The minimum atomic E-state index is -0.296. The van der Waals surface area contributed by atoms with Gasteiger partial charge in [-0.3, -0.25) is 14.2 Å². The van der Waals surface area contributed by atoms with E-state index in [2.05, 4.69) is 15.4 Å². The molecule has 0 saturated carbocycles. The molecule has 3 rings (SSSR count). The van der Waals surface area contributed by atoms with Crippen LogP contribution in [-0.2, 0) is 11.3 Å². The van der Waals surface area contributed by atoms with Gasteiger partial charge in [0.15, 0.2) is 5.65 Å². The normalized spacial score (nSPS) is 11.7. The fourth-order valence-corrected chi connectivity index (χ4v) is 2.82. The first kappa shape index (κ1) is 17.8. The van der Waals surface area contributed by atoms with Gasteiger partial charge in [-0.25, -0.2) is 9.67 Å². The average Bonchev–Trinajstić information content (AvgIpc) is 2.97. The van der Waals surface area contributed by atoms with Gasteiger partial charge >= 0.3 is 0 Å². The molecule has 2 aromatic heterocycles. The number of benzene rings is 1. The third kappa shape index (κ3) is 3.66. The van der Waals surface area contributed by atoms with Crippen LogP contribution in [0.15, 0.2) is 41.3 Å². The molecule has 0 atom stereocenters. The highest BCUT2D eigenvalue weighted by atomic mass is 16.2. The summed E-state index contributed by atoms with van der Waals surface area (Å²) in [6, 6.07) is 9.55. The maximum atomic E-state index is 12.8. The number of fused-ring (bicyclic) bond motifs is 1. The van der Waals surface area contributed by atoms with Crippen molar-refractivity contribution in [2.75, 3.05) is 0 Å². The van der Waals surface area contributed by atoms with Crippen molar-refractivity contribution in [3.8, 4) is 5.69 Å². The van der Waals surface area contributed by atoms with E-state index in [9.17, 15) is 9.59 Å². The lowest BCUT2D eigenvalue weighted by molar-refractivity contribution is -0.122. The topological polar surface area (TPSA) is 81.8 Å². The molecule has 0 spiro atoms. The number of carbonyl (C=O) groups is 1. The molecule has 1 aromatic carbocycles. The van der Waals surface area contributed by atoms with Crippen LogP contribution < -0.4 is 10.9 Å². The SMILES string of the molecule is Cc1nc2c(cnn2-c2ccccc2)c(=O)n1CCC(=O)NC(C)(C)C. The fraction of sp³-hybridized carbons (Fsp3) is 0.368. The summed E-state index contributed by atoms with van der Waals surface area (Å²) in [5.41, 5.74) is 0.888. The van der Waals surface area contributed by atoms with Crippen molar-refractivity contribution in [1.82, 2.24) is 24.6 Å². The Morgan fingerprint density at radius 2 is 1.88 bits per heavy atom. The number of hydrogen-bond acceptors (Lipinski definition) is 4. The number of nitrogens with one attached hydrogen (secondary N) is 1. The molecule has 0 radical (unpaired) electrons. The van der Waals surface area contributed by atoms with Crippen molar-refractivity contribution in [2.45, 2.75) is 46.2 Å². The van der Waals surface area contributed by atoms with Crippen LogP contribution in [0.25, 0.3) is 16.7 Å². The van der Waals surface area contributed by atoms with Crippen LogP contribution in [0.4, 0.5) is 0 Å². The summed E-state index contributed by atoms with van der Waals surface area (Å²) in [7, 11) is 0. The molecule has 3 aromatic rings. The second-order valence-corrected chi connectivity index (χ2v) is 7.29. The van der Waals surface area contributed by atoms with E-state index >= 15 is 0 Å². The van der Waals surface area contributed by atoms with E-state index in [-0.39, 0.29) is 30.0 Å². The molecule has 0 aliphatic rings. The van der Waals surface area contributed by atoms with Crippen molar-refractivity contribution >= 4 is 16.9 Å². The molecule has 0 saturated heterocycles. The summed E-state index contributed by atoms with van der Waals surface area (Å²) in [5, 5.41) is 7.65. The first-order chi connectivity index (χ1) is 12.3. The van der Waals surface area contributed by atoms with Gasteiger partial charge in [0.25, 0.3) is 5.56 Å². The van der Waals surface area contributed by atoms with E-state index in [0.717, 1.165) is 5.69 Å². The van der Waals surface area contributed by atoms with Crippen molar-refractivity contribution in [3.63, 3.8) is 0 Å². The second kappa shape index (κ2) is 6.74. The third-order valence-corrected chi connectivity index (χ3v) is 3.96. The summed E-state index contributed by atoms with van der Waals surface area (Å²) < 4.78 is 3.18. The van der Waals surface area contributed by atoms with Gasteiger partial charge in [0.1, 0.15) is 11.2 Å². The molecule has 0 fully saturated rings. The zero-order valence-corrected chi connectivity index (χ0v) is 15.5. The van der Waals surface area contributed by atoms with Crippen LogP contribution in [0.1, 0.15) is 33.0 Å². The molecule has 1 amide bonds. The average molecular weight is 353 g/mol. The van der Waals surface area contributed by atoms with Crippen molar-refractivity contribution < 1.29 is 4.79 Å². The number of hydrogen-bond donors (Lipinski definition) is 1.